The Bertz CT molecular complexity index is 1630. The number of benzene rings is 1. The second-order valence-electron chi connectivity index (χ2n) is 14.3. The van der Waals surface area contributed by atoms with E-state index in [4.69, 9.17) is 29.9 Å². The molecule has 1 atom stereocenters. The summed E-state index contributed by atoms with van der Waals surface area (Å²) in [5, 5.41) is 35.1. The van der Waals surface area contributed by atoms with Crippen molar-refractivity contribution in [1.29, 1.82) is 0 Å². The van der Waals surface area contributed by atoms with Crippen LogP contribution in [-0.2, 0) is 40.6 Å². The summed E-state index contributed by atoms with van der Waals surface area (Å²) in [5.41, 5.74) is 1.10. The summed E-state index contributed by atoms with van der Waals surface area (Å²) in [7, 11) is 7.82. The minimum absolute atomic E-state index is 0.117. The van der Waals surface area contributed by atoms with E-state index in [0.717, 1.165) is 56.6 Å². The molecule has 1 fully saturated rings. The summed E-state index contributed by atoms with van der Waals surface area (Å²) in [6.45, 7) is 3.07. The molecule has 2 aliphatic carbocycles. The lowest BCUT2D eigenvalue weighted by Gasteiger charge is -2.55. The fourth-order valence-electron chi connectivity index (χ4n) is 8.14. The summed E-state index contributed by atoms with van der Waals surface area (Å²) in [6.07, 6.45) is 11.9. The second-order valence-corrected chi connectivity index (χ2v) is 14.3. The van der Waals surface area contributed by atoms with Crippen LogP contribution in [0.25, 0.3) is 10.9 Å². The number of fused-ring (bicyclic) bond motifs is 4. The molecule has 0 radical (unpaired) electrons. The van der Waals surface area contributed by atoms with E-state index >= 15 is 0 Å². The molecule has 2 heterocycles. The van der Waals surface area contributed by atoms with Gasteiger partial charge >= 0.3 is 17.9 Å². The van der Waals surface area contributed by atoms with E-state index in [1.807, 2.05) is 0 Å². The first-order valence-corrected chi connectivity index (χ1v) is 17.6. The highest BCUT2D eigenvalue weighted by Gasteiger charge is 2.52. The molecule has 51 heavy (non-hydrogen) atoms. The number of aliphatic hydroxyl groups is 1. The van der Waals surface area contributed by atoms with Crippen molar-refractivity contribution in [3.63, 3.8) is 0 Å². The number of hydrogen-bond acceptors (Lipinski definition) is 8. The number of aromatic nitrogens is 1. The maximum atomic E-state index is 14.2. The smallest absolute Gasteiger partial charge is 0.336 e. The van der Waals surface area contributed by atoms with Gasteiger partial charge in [-0.25, -0.2) is 4.79 Å². The normalized spacial score (nSPS) is 23.1. The molecule has 0 saturated heterocycles. The van der Waals surface area contributed by atoms with Crippen molar-refractivity contribution in [2.24, 2.45) is 5.92 Å². The van der Waals surface area contributed by atoms with Crippen LogP contribution < -0.4 is 0 Å². The number of ether oxygens (including phenoxy) is 2. The van der Waals surface area contributed by atoms with E-state index in [9.17, 15) is 19.2 Å². The third-order valence-corrected chi connectivity index (χ3v) is 11.0. The van der Waals surface area contributed by atoms with Crippen molar-refractivity contribution in [1.82, 2.24) is 14.8 Å². The van der Waals surface area contributed by atoms with Gasteiger partial charge in [0.15, 0.2) is 17.1 Å². The molecular weight excluding hydrogens is 658 g/mol. The lowest BCUT2D eigenvalue weighted by atomic mass is 9.66. The summed E-state index contributed by atoms with van der Waals surface area (Å²) in [4.78, 5) is 53.2. The number of carbonyl (C=O) groups excluding carboxylic acids is 1. The number of carboxylic acid groups (broad SMARTS) is 3. The van der Waals surface area contributed by atoms with Crippen molar-refractivity contribution in [3.8, 4) is 0 Å². The quantitative estimate of drug-likeness (QED) is 0.187. The standard InChI is InChI=1S/C32H45N3O3.C6H8O7/c1-6-7-15-31(34(2)3)16-18-32(19-17-31)30-25(24-10-8-9-11-26(24)33-30)14-20-35(32)29(36)22-23-12-13-27(37-4)28(21-23)38-5;7-3(8)1-6(13,5(11)12)2-4(9)10/h8-11,13,21,23,33H,6-7,12,14-20,22H2,1-5H3;13H,1-2H2,(H,7,8)(H,9,10)(H,11,12). The predicted octanol–water partition coefficient (Wildman–Crippen LogP) is 5.03. The zero-order valence-electron chi connectivity index (χ0n) is 30.4. The van der Waals surface area contributed by atoms with E-state index in [2.05, 4.69) is 72.2 Å². The Balaban J connectivity index is 0.000000383. The third-order valence-electron chi connectivity index (χ3n) is 11.0. The molecule has 5 N–H and O–H groups in total. The monoisotopic (exact) mass is 711 g/mol. The highest BCUT2D eigenvalue weighted by Crippen LogP contribution is 2.52. The third kappa shape index (κ3) is 8.41. The number of rotatable bonds is 13. The first-order valence-electron chi connectivity index (χ1n) is 17.6. The number of para-hydroxylation sites is 1. The number of nitrogens with one attached hydrogen (secondary N) is 1. The SMILES string of the molecule is CCCCC1(N(C)C)CCC2(CC1)c1[nH]c3ccccc3c1CCN2C(=O)CC1C=C(OC)C(OC)=CC1.O=C(O)CC(O)(CC(=O)O)C(=O)O. The first kappa shape index (κ1) is 39.4. The van der Waals surface area contributed by atoms with Crippen LogP contribution >= 0.6 is 0 Å². The molecule has 0 bridgehead atoms. The fourth-order valence-corrected chi connectivity index (χ4v) is 8.14. The summed E-state index contributed by atoms with van der Waals surface area (Å²) in [5.74, 6) is -3.16. The van der Waals surface area contributed by atoms with Crippen LogP contribution in [-0.4, -0.2) is 105 Å². The Morgan fingerprint density at radius 3 is 2.16 bits per heavy atom. The van der Waals surface area contributed by atoms with Crippen LogP contribution in [0.15, 0.2) is 47.9 Å². The number of methoxy groups -OCH3 is 2. The summed E-state index contributed by atoms with van der Waals surface area (Å²) >= 11 is 0. The van der Waals surface area contributed by atoms with Gasteiger partial charge in [-0.15, -0.1) is 0 Å². The largest absolute Gasteiger partial charge is 0.493 e. The molecule has 13 heteroatoms. The molecule has 3 aliphatic rings. The molecule has 1 aromatic carbocycles. The topological polar surface area (TPSA) is 190 Å². The van der Waals surface area contributed by atoms with E-state index < -0.39 is 36.4 Å². The molecule has 1 spiro atoms. The van der Waals surface area contributed by atoms with Gasteiger partial charge in [0.2, 0.25) is 5.91 Å². The predicted molar refractivity (Wildman–Crippen MR) is 190 cm³/mol. The molecule has 1 saturated carbocycles. The van der Waals surface area contributed by atoms with Crippen molar-refractivity contribution >= 4 is 34.7 Å². The minimum Gasteiger partial charge on any atom is -0.493 e. The summed E-state index contributed by atoms with van der Waals surface area (Å²) < 4.78 is 11.0. The molecule has 280 valence electrons. The van der Waals surface area contributed by atoms with Gasteiger partial charge in [-0.3, -0.25) is 14.4 Å². The number of nitrogens with zero attached hydrogens (tertiary/aromatic N) is 2. The lowest BCUT2D eigenvalue weighted by Crippen LogP contribution is -2.59. The number of hydrogen-bond donors (Lipinski definition) is 5. The molecule has 2 aromatic rings. The average molecular weight is 712 g/mol. The molecular formula is C38H53N3O10. The molecule has 13 nitrogen and oxygen atoms in total. The van der Waals surface area contributed by atoms with Gasteiger partial charge < -0.3 is 44.7 Å². The zero-order chi connectivity index (χ0) is 37.6. The van der Waals surface area contributed by atoms with E-state index in [1.54, 1.807) is 14.2 Å². The van der Waals surface area contributed by atoms with Crippen LogP contribution in [0.2, 0.25) is 0 Å². The number of carbonyl (C=O) groups is 4. The van der Waals surface area contributed by atoms with Crippen LogP contribution in [0.4, 0.5) is 0 Å². The maximum Gasteiger partial charge on any atom is 0.336 e. The Labute approximate surface area is 298 Å². The van der Waals surface area contributed by atoms with E-state index in [0.29, 0.717) is 6.42 Å². The average Bonchev–Trinajstić information content (AvgIpc) is 3.47. The van der Waals surface area contributed by atoms with Crippen molar-refractivity contribution in [2.45, 2.75) is 101 Å². The van der Waals surface area contributed by atoms with Gasteiger partial charge in [0, 0.05) is 35.1 Å². The van der Waals surface area contributed by atoms with Crippen LogP contribution in [0, 0.1) is 5.92 Å². The number of allylic oxidation sites excluding steroid dienone is 2. The van der Waals surface area contributed by atoms with Gasteiger partial charge in [-0.1, -0.05) is 38.0 Å². The van der Waals surface area contributed by atoms with Gasteiger partial charge in [0.05, 0.1) is 32.6 Å². The molecule has 1 aliphatic heterocycles. The molecule has 1 amide bonds. The zero-order valence-corrected chi connectivity index (χ0v) is 30.4. The van der Waals surface area contributed by atoms with Crippen LogP contribution in [0.5, 0.6) is 0 Å². The number of carboxylic acids is 3. The van der Waals surface area contributed by atoms with Gasteiger partial charge in [0.1, 0.15) is 0 Å². The Hall–Kier alpha value is -4.36. The van der Waals surface area contributed by atoms with Crippen molar-refractivity contribution in [3.05, 3.63) is 59.2 Å². The van der Waals surface area contributed by atoms with Gasteiger partial charge in [-0.05, 0) is 88.7 Å². The first-order chi connectivity index (χ1) is 24.1. The number of amides is 1. The minimum atomic E-state index is -2.74. The van der Waals surface area contributed by atoms with Crippen LogP contribution in [0.1, 0.15) is 88.8 Å². The van der Waals surface area contributed by atoms with Crippen LogP contribution in [0.3, 0.4) is 0 Å². The molecule has 1 unspecified atom stereocenters. The second kappa shape index (κ2) is 16.3. The Morgan fingerprint density at radius 2 is 1.61 bits per heavy atom. The van der Waals surface area contributed by atoms with Gasteiger partial charge in [-0.2, -0.15) is 0 Å². The number of unbranched alkanes of at least 4 members (excludes halogenated alkanes) is 1. The summed E-state index contributed by atoms with van der Waals surface area (Å²) in [6, 6.07) is 8.66. The van der Waals surface area contributed by atoms with Gasteiger partial charge in [0.25, 0.3) is 0 Å². The lowest BCUT2D eigenvalue weighted by molar-refractivity contribution is -0.170. The molecule has 5 rings (SSSR count). The number of aromatic amines is 1. The highest BCUT2D eigenvalue weighted by atomic mass is 16.5. The number of H-pyrrole nitrogens is 1. The van der Waals surface area contributed by atoms with E-state index in [1.165, 1.54) is 41.4 Å². The molecule has 1 aromatic heterocycles. The Kier molecular flexibility index (Phi) is 12.6. The number of aliphatic carboxylic acids is 3. The van der Waals surface area contributed by atoms with Crippen molar-refractivity contribution in [2.75, 3.05) is 34.9 Å². The maximum absolute atomic E-state index is 14.2. The Morgan fingerprint density at radius 1 is 0.980 bits per heavy atom. The van der Waals surface area contributed by atoms with E-state index in [-0.39, 0.29) is 22.9 Å². The highest BCUT2D eigenvalue weighted by molar-refractivity contribution is 5.88. The van der Waals surface area contributed by atoms with Crippen molar-refractivity contribution < 1.29 is 49.1 Å². The fraction of sp³-hybridized carbons (Fsp3) is 0.579.